The molecule has 0 aromatic heterocycles. The number of urea groups is 1. The number of nitrogens with one attached hydrogen (secondary N) is 3. The van der Waals surface area contributed by atoms with Crippen molar-refractivity contribution in [2.45, 2.75) is 11.0 Å². The van der Waals surface area contributed by atoms with E-state index >= 15 is 0 Å². The van der Waals surface area contributed by atoms with Gasteiger partial charge in [-0.2, -0.15) is 0 Å². The fourth-order valence-corrected chi connectivity index (χ4v) is 3.00. The third kappa shape index (κ3) is 5.15. The summed E-state index contributed by atoms with van der Waals surface area (Å²) in [6, 6.07) is 12.5. The average molecular weight is 405 g/mol. The molecule has 0 spiro atoms. The molecule has 3 amide bonds. The van der Waals surface area contributed by atoms with Crippen molar-refractivity contribution < 1.29 is 27.5 Å². The summed E-state index contributed by atoms with van der Waals surface area (Å²) in [5.41, 5.74) is 0.279. The van der Waals surface area contributed by atoms with E-state index in [1.807, 2.05) is 0 Å². The smallest absolute Gasteiger partial charge is 0.339 e. The molecule has 0 aliphatic heterocycles. The van der Waals surface area contributed by atoms with Crippen LogP contribution in [0.1, 0.15) is 22.0 Å². The Morgan fingerprint density at radius 2 is 1.64 bits per heavy atom. The highest BCUT2D eigenvalue weighted by Gasteiger charge is 2.27. The van der Waals surface area contributed by atoms with Gasteiger partial charge in [-0.15, -0.1) is 0 Å². The van der Waals surface area contributed by atoms with Gasteiger partial charge in [0.15, 0.2) is 0 Å². The van der Waals surface area contributed by atoms with Crippen LogP contribution in [0.2, 0.25) is 0 Å². The number of carbonyl (C=O) groups is 3. The molecule has 1 atom stereocenters. The van der Waals surface area contributed by atoms with Crippen LogP contribution in [0.15, 0.2) is 59.5 Å². The topological polar surface area (TPSA) is 131 Å². The molecule has 2 aromatic carbocycles. The molecule has 0 heterocycles. The molecule has 0 bridgehead atoms. The first-order valence-corrected chi connectivity index (χ1v) is 9.59. The Morgan fingerprint density at radius 1 is 0.964 bits per heavy atom. The highest BCUT2D eigenvalue weighted by molar-refractivity contribution is 7.89. The molecule has 9 nitrogen and oxygen atoms in total. The molecule has 0 aliphatic carbocycles. The van der Waals surface area contributed by atoms with Crippen molar-refractivity contribution in [2.24, 2.45) is 0 Å². The summed E-state index contributed by atoms with van der Waals surface area (Å²) in [5, 5.41) is 4.29. The number of carbonyl (C=O) groups excluding carboxylic acids is 3. The van der Waals surface area contributed by atoms with Crippen LogP contribution in [0, 0.1) is 0 Å². The lowest BCUT2D eigenvalue weighted by Gasteiger charge is -2.17. The molecule has 2 aromatic rings. The van der Waals surface area contributed by atoms with E-state index in [1.54, 1.807) is 30.3 Å². The first-order chi connectivity index (χ1) is 13.3. The van der Waals surface area contributed by atoms with E-state index in [-0.39, 0.29) is 10.5 Å². The number of ether oxygens (including phenoxy) is 1. The number of hydrogen-bond donors (Lipinski definition) is 3. The minimum atomic E-state index is -3.76. The standard InChI is InChI=1S/C18H19N3O6S/c1-19-18(24)21-16(22)15(12-7-4-3-5-8-12)27-17(23)13-9-6-10-14(11-13)28(25,26)20-2/h3-11,15,20H,1-2H3,(H2,19,21,22,24)/t15-/m1/s1. The molecule has 0 aliphatic rings. The van der Waals surface area contributed by atoms with Gasteiger partial charge in [-0.25, -0.2) is 22.7 Å². The zero-order chi connectivity index (χ0) is 20.7. The van der Waals surface area contributed by atoms with Crippen LogP contribution in [-0.2, 0) is 19.6 Å². The molecule has 148 valence electrons. The van der Waals surface area contributed by atoms with Crippen molar-refractivity contribution in [2.75, 3.05) is 14.1 Å². The van der Waals surface area contributed by atoms with E-state index in [2.05, 4.69) is 15.4 Å². The number of hydrogen-bond acceptors (Lipinski definition) is 6. The summed E-state index contributed by atoms with van der Waals surface area (Å²) >= 11 is 0. The Balaban J connectivity index is 2.31. The van der Waals surface area contributed by atoms with Crippen molar-refractivity contribution in [3.8, 4) is 0 Å². The predicted molar refractivity (Wildman–Crippen MR) is 99.9 cm³/mol. The molecular formula is C18H19N3O6S. The molecule has 0 unspecified atom stereocenters. The van der Waals surface area contributed by atoms with Crippen molar-refractivity contribution in [1.82, 2.24) is 15.4 Å². The fraction of sp³-hybridized carbons (Fsp3) is 0.167. The largest absolute Gasteiger partial charge is 0.444 e. The average Bonchev–Trinajstić information content (AvgIpc) is 2.72. The molecule has 0 saturated carbocycles. The fourth-order valence-electron chi connectivity index (χ4n) is 2.22. The van der Waals surface area contributed by atoms with Gasteiger partial charge >= 0.3 is 12.0 Å². The first kappa shape index (κ1) is 21.1. The summed E-state index contributed by atoms with van der Waals surface area (Å²) in [6.07, 6.45) is -1.41. The molecule has 2 rings (SSSR count). The van der Waals surface area contributed by atoms with Gasteiger partial charge in [0.05, 0.1) is 10.5 Å². The zero-order valence-electron chi connectivity index (χ0n) is 15.1. The summed E-state index contributed by atoms with van der Waals surface area (Å²) in [6.45, 7) is 0. The normalized spacial score (nSPS) is 11.9. The van der Waals surface area contributed by atoms with Gasteiger partial charge in [0, 0.05) is 12.6 Å². The summed E-state index contributed by atoms with van der Waals surface area (Å²) in [4.78, 5) is 36.3. The number of amides is 3. The second-order valence-corrected chi connectivity index (χ2v) is 7.39. The maximum atomic E-state index is 12.5. The van der Waals surface area contributed by atoms with Gasteiger partial charge in [-0.3, -0.25) is 10.1 Å². The lowest BCUT2D eigenvalue weighted by atomic mass is 10.1. The van der Waals surface area contributed by atoms with Crippen molar-refractivity contribution in [3.05, 3.63) is 65.7 Å². The quantitative estimate of drug-likeness (QED) is 0.614. The zero-order valence-corrected chi connectivity index (χ0v) is 15.9. The predicted octanol–water partition coefficient (Wildman–Crippen LogP) is 0.948. The van der Waals surface area contributed by atoms with Crippen molar-refractivity contribution in [1.29, 1.82) is 0 Å². The van der Waals surface area contributed by atoms with Crippen LogP contribution in [0.3, 0.4) is 0 Å². The van der Waals surface area contributed by atoms with Gasteiger partial charge in [-0.05, 0) is 25.2 Å². The summed E-state index contributed by atoms with van der Waals surface area (Å²) in [7, 11) is -1.18. The number of benzene rings is 2. The Morgan fingerprint density at radius 3 is 2.25 bits per heavy atom. The van der Waals surface area contributed by atoms with Crippen LogP contribution in [0.25, 0.3) is 0 Å². The number of imide groups is 1. The van der Waals surface area contributed by atoms with Crippen molar-refractivity contribution in [3.63, 3.8) is 0 Å². The van der Waals surface area contributed by atoms with Crippen LogP contribution in [0.4, 0.5) is 4.79 Å². The Labute approximate surface area is 162 Å². The van der Waals surface area contributed by atoms with E-state index in [9.17, 15) is 22.8 Å². The number of esters is 1. The highest BCUT2D eigenvalue weighted by atomic mass is 32.2. The third-order valence-corrected chi connectivity index (χ3v) is 5.09. The second kappa shape index (κ2) is 9.11. The van der Waals surface area contributed by atoms with Gasteiger partial charge in [0.2, 0.25) is 16.1 Å². The first-order valence-electron chi connectivity index (χ1n) is 8.10. The minimum absolute atomic E-state index is 0.0648. The Hall–Kier alpha value is -3.24. The monoisotopic (exact) mass is 405 g/mol. The molecule has 0 fully saturated rings. The molecule has 0 radical (unpaired) electrons. The molecular weight excluding hydrogens is 386 g/mol. The highest BCUT2D eigenvalue weighted by Crippen LogP contribution is 2.21. The van der Waals surface area contributed by atoms with Crippen LogP contribution < -0.4 is 15.4 Å². The summed E-state index contributed by atoms with van der Waals surface area (Å²) in [5.74, 6) is -1.77. The van der Waals surface area contributed by atoms with E-state index in [1.165, 1.54) is 32.3 Å². The molecule has 0 saturated heterocycles. The van der Waals surface area contributed by atoms with E-state index in [0.717, 1.165) is 6.07 Å². The van der Waals surface area contributed by atoms with Crippen LogP contribution >= 0.6 is 0 Å². The minimum Gasteiger partial charge on any atom is -0.444 e. The van der Waals surface area contributed by atoms with E-state index < -0.39 is 34.0 Å². The second-order valence-electron chi connectivity index (χ2n) is 5.50. The van der Waals surface area contributed by atoms with Crippen LogP contribution in [-0.4, -0.2) is 40.4 Å². The van der Waals surface area contributed by atoms with Gasteiger partial charge in [0.1, 0.15) is 0 Å². The lowest BCUT2D eigenvalue weighted by Crippen LogP contribution is -2.41. The van der Waals surface area contributed by atoms with Crippen molar-refractivity contribution >= 4 is 27.9 Å². The Kier molecular flexibility index (Phi) is 6.85. The maximum absolute atomic E-state index is 12.5. The van der Waals surface area contributed by atoms with E-state index in [4.69, 9.17) is 4.74 Å². The number of sulfonamides is 1. The summed E-state index contributed by atoms with van der Waals surface area (Å²) < 4.78 is 31.3. The maximum Gasteiger partial charge on any atom is 0.339 e. The SMILES string of the molecule is CNC(=O)NC(=O)[C@H](OC(=O)c1cccc(S(=O)(=O)NC)c1)c1ccccc1. The van der Waals surface area contributed by atoms with Gasteiger partial charge in [-0.1, -0.05) is 36.4 Å². The van der Waals surface area contributed by atoms with Gasteiger partial charge < -0.3 is 10.1 Å². The van der Waals surface area contributed by atoms with Crippen LogP contribution in [0.5, 0.6) is 0 Å². The molecule has 10 heteroatoms. The molecule has 3 N–H and O–H groups in total. The number of rotatable bonds is 6. The molecule has 28 heavy (non-hydrogen) atoms. The van der Waals surface area contributed by atoms with E-state index in [0.29, 0.717) is 5.56 Å². The lowest BCUT2D eigenvalue weighted by molar-refractivity contribution is -0.129. The third-order valence-electron chi connectivity index (χ3n) is 3.68. The Bertz CT molecular complexity index is 976. The van der Waals surface area contributed by atoms with Gasteiger partial charge in [0.25, 0.3) is 5.91 Å².